The molecule has 1 amide bonds. The van der Waals surface area contributed by atoms with Gasteiger partial charge >= 0.3 is 0 Å². The molecule has 0 atom stereocenters. The van der Waals surface area contributed by atoms with Crippen LogP contribution < -0.4 is 4.90 Å². The molecular weight excluding hydrogens is 436 g/mol. The van der Waals surface area contributed by atoms with E-state index in [9.17, 15) is 13.2 Å². The highest BCUT2D eigenvalue weighted by atomic mass is 35.5. The lowest BCUT2D eigenvalue weighted by molar-refractivity contribution is 0.0746. The van der Waals surface area contributed by atoms with Crippen LogP contribution >= 0.6 is 11.6 Å². The van der Waals surface area contributed by atoms with Crippen molar-refractivity contribution in [1.29, 1.82) is 0 Å². The third-order valence-electron chi connectivity index (χ3n) is 5.88. The number of hydrogen-bond donors (Lipinski definition) is 0. The van der Waals surface area contributed by atoms with E-state index in [0.717, 1.165) is 31.5 Å². The summed E-state index contributed by atoms with van der Waals surface area (Å²) in [5.74, 6) is 0.650. The fourth-order valence-corrected chi connectivity index (χ4v) is 5.84. The molecule has 1 aromatic carbocycles. The van der Waals surface area contributed by atoms with Gasteiger partial charge in [0.05, 0.1) is 4.90 Å². The van der Waals surface area contributed by atoms with Crippen molar-refractivity contribution in [1.82, 2.24) is 14.2 Å². The molecule has 7 nitrogen and oxygen atoms in total. The summed E-state index contributed by atoms with van der Waals surface area (Å²) >= 11 is 5.99. The predicted molar refractivity (Wildman–Crippen MR) is 121 cm³/mol. The van der Waals surface area contributed by atoms with E-state index in [2.05, 4.69) is 9.88 Å². The maximum absolute atomic E-state index is 13.1. The molecule has 9 heteroatoms. The molecule has 0 radical (unpaired) electrons. The topological polar surface area (TPSA) is 73.8 Å². The van der Waals surface area contributed by atoms with Crippen molar-refractivity contribution < 1.29 is 13.2 Å². The van der Waals surface area contributed by atoms with E-state index in [1.165, 1.54) is 6.07 Å². The number of sulfonamides is 1. The molecule has 166 valence electrons. The molecule has 0 saturated carbocycles. The monoisotopic (exact) mass is 462 g/mol. The minimum absolute atomic E-state index is 0.147. The van der Waals surface area contributed by atoms with Crippen molar-refractivity contribution in [3.63, 3.8) is 0 Å². The second-order valence-corrected chi connectivity index (χ2v) is 10.3. The van der Waals surface area contributed by atoms with Crippen molar-refractivity contribution in [2.45, 2.75) is 30.6 Å². The highest BCUT2D eigenvalue weighted by Crippen LogP contribution is 2.22. The molecule has 2 fully saturated rings. The number of aromatic nitrogens is 1. The van der Waals surface area contributed by atoms with E-state index in [1.54, 1.807) is 33.5 Å². The van der Waals surface area contributed by atoms with Gasteiger partial charge in [0, 0.05) is 44.8 Å². The third kappa shape index (κ3) is 5.02. The fraction of sp³-hybridized carbons (Fsp3) is 0.455. The number of carbonyl (C=O) groups excluding carboxylic acids is 1. The first-order valence-corrected chi connectivity index (χ1v) is 12.5. The second kappa shape index (κ2) is 9.54. The smallest absolute Gasteiger partial charge is 0.254 e. The average molecular weight is 463 g/mol. The zero-order chi connectivity index (χ0) is 21.8. The molecule has 2 aliphatic rings. The summed E-state index contributed by atoms with van der Waals surface area (Å²) in [5, 5.41) is 0.443. The number of halogens is 1. The first-order chi connectivity index (χ1) is 14.9. The summed E-state index contributed by atoms with van der Waals surface area (Å²) in [6.45, 7) is 3.45. The maximum Gasteiger partial charge on any atom is 0.254 e. The molecule has 0 spiro atoms. The Labute approximate surface area is 188 Å². The lowest BCUT2D eigenvalue weighted by Crippen LogP contribution is -2.49. The molecule has 31 heavy (non-hydrogen) atoms. The highest BCUT2D eigenvalue weighted by molar-refractivity contribution is 7.89. The highest BCUT2D eigenvalue weighted by Gasteiger charge is 2.27. The van der Waals surface area contributed by atoms with Gasteiger partial charge in [0.25, 0.3) is 5.91 Å². The van der Waals surface area contributed by atoms with E-state index in [1.807, 2.05) is 12.1 Å². The van der Waals surface area contributed by atoms with Crippen LogP contribution in [0.25, 0.3) is 0 Å². The number of amides is 1. The summed E-state index contributed by atoms with van der Waals surface area (Å²) in [5.41, 5.74) is 0.408. The Hall–Kier alpha value is -2.16. The van der Waals surface area contributed by atoms with Gasteiger partial charge in [-0.2, -0.15) is 4.31 Å². The lowest BCUT2D eigenvalue weighted by atomic mass is 10.2. The minimum atomic E-state index is -3.59. The molecule has 1 aromatic heterocycles. The zero-order valence-corrected chi connectivity index (χ0v) is 19.0. The van der Waals surface area contributed by atoms with Crippen LogP contribution in [0.2, 0.25) is 5.15 Å². The van der Waals surface area contributed by atoms with Crippen molar-refractivity contribution in [3.8, 4) is 0 Å². The number of nitrogens with zero attached hydrogens (tertiary/aromatic N) is 4. The van der Waals surface area contributed by atoms with Crippen LogP contribution in [-0.4, -0.2) is 67.8 Å². The maximum atomic E-state index is 13.1. The first-order valence-electron chi connectivity index (χ1n) is 10.7. The molecule has 4 rings (SSSR count). The van der Waals surface area contributed by atoms with Gasteiger partial charge in [-0.15, -0.1) is 0 Å². The Morgan fingerprint density at radius 3 is 2.23 bits per heavy atom. The molecule has 0 bridgehead atoms. The molecule has 2 aromatic rings. The third-order valence-corrected chi connectivity index (χ3v) is 7.98. The van der Waals surface area contributed by atoms with Gasteiger partial charge < -0.3 is 9.80 Å². The SMILES string of the molecule is O=C(c1cccc(S(=O)(=O)N2CCCCCC2)c1)N1CCN(c2cccc(Cl)n2)CC1. The number of rotatable bonds is 4. The Morgan fingerprint density at radius 1 is 0.871 bits per heavy atom. The second-order valence-electron chi connectivity index (χ2n) is 7.94. The van der Waals surface area contributed by atoms with Gasteiger partial charge in [-0.3, -0.25) is 4.79 Å². The molecule has 0 unspecified atom stereocenters. The van der Waals surface area contributed by atoms with Gasteiger partial charge in [0.15, 0.2) is 0 Å². The van der Waals surface area contributed by atoms with Crippen LogP contribution in [0.4, 0.5) is 5.82 Å². The summed E-state index contributed by atoms with van der Waals surface area (Å²) in [7, 11) is -3.59. The van der Waals surface area contributed by atoms with Crippen molar-refractivity contribution >= 4 is 33.3 Å². The molecular formula is C22H27ClN4O3S. The summed E-state index contributed by atoms with van der Waals surface area (Å²) < 4.78 is 27.7. The van der Waals surface area contributed by atoms with Crippen molar-refractivity contribution in [3.05, 3.63) is 53.2 Å². The summed E-state index contributed by atoms with van der Waals surface area (Å²) in [4.78, 5) is 21.5. The van der Waals surface area contributed by atoms with Gasteiger partial charge in [-0.05, 0) is 43.2 Å². The van der Waals surface area contributed by atoms with E-state index >= 15 is 0 Å². The van der Waals surface area contributed by atoms with Crippen LogP contribution in [0.15, 0.2) is 47.4 Å². The first kappa shape index (κ1) is 22.0. The van der Waals surface area contributed by atoms with Crippen LogP contribution in [-0.2, 0) is 10.0 Å². The molecule has 0 N–H and O–H groups in total. The van der Waals surface area contributed by atoms with E-state index in [-0.39, 0.29) is 10.8 Å². The van der Waals surface area contributed by atoms with Gasteiger partial charge in [-0.1, -0.05) is 36.6 Å². The van der Waals surface area contributed by atoms with Gasteiger partial charge in [-0.25, -0.2) is 13.4 Å². The van der Waals surface area contributed by atoms with E-state index in [0.29, 0.717) is 50.0 Å². The van der Waals surface area contributed by atoms with Crippen molar-refractivity contribution in [2.75, 3.05) is 44.2 Å². The number of anilines is 1. The molecule has 3 heterocycles. The van der Waals surface area contributed by atoms with Gasteiger partial charge in [0.1, 0.15) is 11.0 Å². The molecule has 2 aliphatic heterocycles. The number of benzene rings is 1. The van der Waals surface area contributed by atoms with Crippen LogP contribution in [0.5, 0.6) is 0 Å². The Balaban J connectivity index is 1.45. The van der Waals surface area contributed by atoms with Crippen LogP contribution in [0, 0.1) is 0 Å². The van der Waals surface area contributed by atoms with E-state index < -0.39 is 10.0 Å². The Kier molecular flexibility index (Phi) is 6.79. The van der Waals surface area contributed by atoms with Crippen LogP contribution in [0.3, 0.4) is 0 Å². The van der Waals surface area contributed by atoms with Crippen LogP contribution in [0.1, 0.15) is 36.0 Å². The standard InChI is InChI=1S/C22H27ClN4O3S/c23-20-9-6-10-21(24-20)25-13-15-26(16-14-25)22(28)18-7-5-8-19(17-18)31(29,30)27-11-3-1-2-4-12-27/h5-10,17H,1-4,11-16H2. The quantitative estimate of drug-likeness (QED) is 0.652. The van der Waals surface area contributed by atoms with E-state index in [4.69, 9.17) is 11.6 Å². The zero-order valence-electron chi connectivity index (χ0n) is 17.4. The minimum Gasteiger partial charge on any atom is -0.353 e. The Bertz CT molecular complexity index is 1030. The fourth-order valence-electron chi connectivity index (χ4n) is 4.12. The number of carbonyl (C=O) groups is 1. The van der Waals surface area contributed by atoms with Crippen molar-refractivity contribution in [2.24, 2.45) is 0 Å². The molecule has 2 saturated heterocycles. The lowest BCUT2D eigenvalue weighted by Gasteiger charge is -2.35. The predicted octanol–water partition coefficient (Wildman–Crippen LogP) is 3.26. The largest absolute Gasteiger partial charge is 0.353 e. The Morgan fingerprint density at radius 2 is 1.55 bits per heavy atom. The normalized spacial score (nSPS) is 18.6. The number of pyridine rings is 1. The molecule has 0 aliphatic carbocycles. The average Bonchev–Trinajstić information content (AvgIpc) is 3.09. The number of piperazine rings is 1. The summed E-state index contributed by atoms with van der Waals surface area (Å²) in [6.07, 6.45) is 3.87. The number of hydrogen-bond acceptors (Lipinski definition) is 5. The van der Waals surface area contributed by atoms with Gasteiger partial charge in [0.2, 0.25) is 10.0 Å². The summed E-state index contributed by atoms with van der Waals surface area (Å²) in [6, 6.07) is 11.9.